The van der Waals surface area contributed by atoms with Crippen molar-refractivity contribution in [3.05, 3.63) is 42.2 Å². The van der Waals surface area contributed by atoms with Gasteiger partial charge in [0.25, 0.3) is 0 Å². The predicted molar refractivity (Wildman–Crippen MR) is 67.1 cm³/mol. The van der Waals surface area contributed by atoms with E-state index in [9.17, 15) is 9.59 Å². The molecule has 0 aliphatic rings. The summed E-state index contributed by atoms with van der Waals surface area (Å²) in [6, 6.07) is 9.49. The van der Waals surface area contributed by atoms with Crippen LogP contribution >= 0.6 is 0 Å². The summed E-state index contributed by atoms with van der Waals surface area (Å²) in [5.41, 5.74) is 0.603. The van der Waals surface area contributed by atoms with Crippen LogP contribution in [-0.4, -0.2) is 23.3 Å². The molecule has 0 saturated heterocycles. The van der Waals surface area contributed by atoms with Gasteiger partial charge in [0.2, 0.25) is 5.78 Å². The molecular weight excluding hydrogens is 230 g/mol. The first-order valence-electron chi connectivity index (χ1n) is 5.75. The summed E-state index contributed by atoms with van der Waals surface area (Å²) in [5.74, 6) is -1.37. The van der Waals surface area contributed by atoms with Crippen LogP contribution in [0.15, 0.2) is 36.5 Å². The highest BCUT2D eigenvalue weighted by atomic mass is 16.5. The predicted octanol–water partition coefficient (Wildman–Crippen LogP) is 1.91. The molecule has 18 heavy (non-hydrogen) atoms. The summed E-state index contributed by atoms with van der Waals surface area (Å²) >= 11 is 0. The van der Waals surface area contributed by atoms with Crippen molar-refractivity contribution >= 4 is 22.5 Å². The number of esters is 1. The smallest absolute Gasteiger partial charge is 0.375 e. The summed E-state index contributed by atoms with van der Waals surface area (Å²) in [5, 5.41) is 1.89. The third-order valence-corrected chi connectivity index (χ3v) is 2.59. The van der Waals surface area contributed by atoms with Crippen molar-refractivity contribution in [1.29, 1.82) is 0 Å². The first-order valence-corrected chi connectivity index (χ1v) is 5.75. The second kappa shape index (κ2) is 5.40. The molecule has 4 heteroatoms. The number of hydrogen-bond acceptors (Lipinski definition) is 4. The van der Waals surface area contributed by atoms with Crippen LogP contribution < -0.4 is 0 Å². The molecule has 0 saturated carbocycles. The van der Waals surface area contributed by atoms with E-state index in [0.717, 1.165) is 10.8 Å². The van der Waals surface area contributed by atoms with Crippen molar-refractivity contribution in [2.75, 3.05) is 6.61 Å². The fraction of sp³-hybridized carbons (Fsp3) is 0.214. The van der Waals surface area contributed by atoms with Gasteiger partial charge in [-0.3, -0.25) is 9.78 Å². The van der Waals surface area contributed by atoms with Gasteiger partial charge in [-0.2, -0.15) is 0 Å². The van der Waals surface area contributed by atoms with E-state index in [1.165, 1.54) is 0 Å². The minimum absolute atomic E-state index is 0.0276. The van der Waals surface area contributed by atoms with Gasteiger partial charge < -0.3 is 4.74 Å². The van der Waals surface area contributed by atoms with E-state index in [1.54, 1.807) is 13.1 Å². The Morgan fingerprint density at radius 1 is 1.22 bits per heavy atom. The van der Waals surface area contributed by atoms with E-state index in [0.29, 0.717) is 5.69 Å². The van der Waals surface area contributed by atoms with E-state index in [-0.39, 0.29) is 13.0 Å². The fourth-order valence-electron chi connectivity index (χ4n) is 1.76. The van der Waals surface area contributed by atoms with Gasteiger partial charge in [-0.05, 0) is 18.4 Å². The molecule has 1 heterocycles. The zero-order valence-electron chi connectivity index (χ0n) is 10.1. The van der Waals surface area contributed by atoms with Gasteiger partial charge in [-0.15, -0.1) is 0 Å². The van der Waals surface area contributed by atoms with Crippen LogP contribution in [-0.2, 0) is 20.7 Å². The number of hydrogen-bond donors (Lipinski definition) is 0. The molecule has 0 atom stereocenters. The van der Waals surface area contributed by atoms with Gasteiger partial charge in [-0.1, -0.05) is 24.3 Å². The van der Waals surface area contributed by atoms with Crippen LogP contribution in [0, 0.1) is 0 Å². The lowest BCUT2D eigenvalue weighted by Crippen LogP contribution is -2.20. The summed E-state index contributed by atoms with van der Waals surface area (Å²) in [6.45, 7) is 1.87. The highest BCUT2D eigenvalue weighted by Gasteiger charge is 2.17. The number of ketones is 1. The Balaban J connectivity index is 2.27. The Bertz CT molecular complexity index is 587. The van der Waals surface area contributed by atoms with Crippen molar-refractivity contribution in [3.8, 4) is 0 Å². The normalized spacial score (nSPS) is 10.3. The molecule has 0 amide bonds. The Kier molecular flexibility index (Phi) is 3.67. The Morgan fingerprint density at radius 2 is 2.00 bits per heavy atom. The minimum atomic E-state index is -0.799. The molecule has 0 unspecified atom stereocenters. The number of aromatic nitrogens is 1. The van der Waals surface area contributed by atoms with Crippen LogP contribution in [0.3, 0.4) is 0 Å². The molecular formula is C14H13NO3. The van der Waals surface area contributed by atoms with Crippen LogP contribution in [0.1, 0.15) is 12.6 Å². The lowest BCUT2D eigenvalue weighted by Gasteiger charge is -2.04. The number of rotatable bonds is 4. The van der Waals surface area contributed by atoms with Gasteiger partial charge in [0.15, 0.2) is 0 Å². The highest BCUT2D eigenvalue weighted by Crippen LogP contribution is 2.16. The highest BCUT2D eigenvalue weighted by molar-refractivity contribution is 6.34. The maximum Gasteiger partial charge on any atom is 0.375 e. The first-order chi connectivity index (χ1) is 8.72. The maximum atomic E-state index is 11.6. The molecule has 0 spiro atoms. The van der Waals surface area contributed by atoms with Crippen LogP contribution in [0.2, 0.25) is 0 Å². The number of Topliss-reactive ketones (excluding diaryl/α,β-unsaturated/α-hetero) is 1. The third-order valence-electron chi connectivity index (χ3n) is 2.59. The van der Waals surface area contributed by atoms with Gasteiger partial charge in [0, 0.05) is 11.6 Å². The molecule has 2 aromatic rings. The summed E-state index contributed by atoms with van der Waals surface area (Å²) in [4.78, 5) is 27.1. The minimum Gasteiger partial charge on any atom is -0.460 e. The summed E-state index contributed by atoms with van der Waals surface area (Å²) < 4.78 is 4.67. The van der Waals surface area contributed by atoms with Gasteiger partial charge in [0.05, 0.1) is 18.7 Å². The quantitative estimate of drug-likeness (QED) is 0.608. The molecule has 0 fully saturated rings. The monoisotopic (exact) mass is 243 g/mol. The molecule has 1 aromatic carbocycles. The van der Waals surface area contributed by atoms with E-state index < -0.39 is 11.8 Å². The number of benzene rings is 1. The molecule has 0 N–H and O–H groups in total. The van der Waals surface area contributed by atoms with Gasteiger partial charge in [-0.25, -0.2) is 4.79 Å². The fourth-order valence-corrected chi connectivity index (χ4v) is 1.76. The average Bonchev–Trinajstić information content (AvgIpc) is 2.39. The average molecular weight is 243 g/mol. The summed E-state index contributed by atoms with van der Waals surface area (Å²) in [7, 11) is 0. The standard InChI is InChI=1S/C14H13NO3/c1-2-18-14(17)13(16)9-12-11-6-4-3-5-10(11)7-8-15-12/h3-8H,2,9H2,1H3. The number of pyridine rings is 1. The van der Waals surface area contributed by atoms with Crippen LogP contribution in [0.25, 0.3) is 10.8 Å². The van der Waals surface area contributed by atoms with Crippen molar-refractivity contribution in [2.24, 2.45) is 0 Å². The van der Waals surface area contributed by atoms with Crippen molar-refractivity contribution in [1.82, 2.24) is 4.98 Å². The third kappa shape index (κ3) is 2.53. The number of carbonyl (C=O) groups excluding carboxylic acids is 2. The molecule has 2 rings (SSSR count). The molecule has 1 aromatic heterocycles. The SMILES string of the molecule is CCOC(=O)C(=O)Cc1nccc2ccccc12. The zero-order chi connectivity index (χ0) is 13.0. The number of fused-ring (bicyclic) bond motifs is 1. The van der Waals surface area contributed by atoms with E-state index in [1.807, 2.05) is 30.3 Å². The molecule has 0 radical (unpaired) electrons. The summed E-state index contributed by atoms with van der Waals surface area (Å²) in [6.07, 6.45) is 1.61. The largest absolute Gasteiger partial charge is 0.460 e. The number of ether oxygens (including phenoxy) is 1. The number of carbonyl (C=O) groups is 2. The Labute approximate surface area is 105 Å². The van der Waals surface area contributed by atoms with Gasteiger partial charge in [0.1, 0.15) is 0 Å². The molecule has 92 valence electrons. The molecule has 4 nitrogen and oxygen atoms in total. The Hall–Kier alpha value is -2.23. The lowest BCUT2D eigenvalue weighted by molar-refractivity contribution is -0.153. The maximum absolute atomic E-state index is 11.6. The van der Waals surface area contributed by atoms with Crippen molar-refractivity contribution in [2.45, 2.75) is 13.3 Å². The van der Waals surface area contributed by atoms with Crippen molar-refractivity contribution in [3.63, 3.8) is 0 Å². The lowest BCUT2D eigenvalue weighted by atomic mass is 10.1. The second-order valence-corrected chi connectivity index (χ2v) is 3.80. The Morgan fingerprint density at radius 3 is 2.78 bits per heavy atom. The first kappa shape index (κ1) is 12.2. The van der Waals surface area contributed by atoms with Crippen LogP contribution in [0.5, 0.6) is 0 Å². The van der Waals surface area contributed by atoms with E-state index >= 15 is 0 Å². The van der Waals surface area contributed by atoms with E-state index in [4.69, 9.17) is 0 Å². The molecule has 0 aliphatic carbocycles. The molecule has 0 aliphatic heterocycles. The second-order valence-electron chi connectivity index (χ2n) is 3.80. The van der Waals surface area contributed by atoms with Crippen molar-refractivity contribution < 1.29 is 14.3 Å². The van der Waals surface area contributed by atoms with Crippen LogP contribution in [0.4, 0.5) is 0 Å². The van der Waals surface area contributed by atoms with Gasteiger partial charge >= 0.3 is 5.97 Å². The number of nitrogens with zero attached hydrogens (tertiary/aromatic N) is 1. The zero-order valence-corrected chi connectivity index (χ0v) is 10.1. The topological polar surface area (TPSA) is 56.3 Å². The molecule has 0 bridgehead atoms. The van der Waals surface area contributed by atoms with E-state index in [2.05, 4.69) is 9.72 Å².